The zero-order valence-electron chi connectivity index (χ0n) is 4.66. The van der Waals surface area contributed by atoms with Crippen molar-refractivity contribution in [3.63, 3.8) is 0 Å². The van der Waals surface area contributed by atoms with E-state index in [0.717, 1.165) is 19.4 Å². The lowest BCUT2D eigenvalue weighted by atomic mass is 10.1. The monoisotopic (exact) mass is 123 g/mol. The van der Waals surface area contributed by atoms with Crippen LogP contribution in [0.15, 0.2) is 0 Å². The Morgan fingerprint density at radius 2 is 2.00 bits per heavy atom. The van der Waals surface area contributed by atoms with Crippen molar-refractivity contribution in [2.24, 2.45) is 0 Å². The molecule has 0 aliphatic carbocycles. The number of rotatable bonds is 2. The van der Waals surface area contributed by atoms with Crippen LogP contribution in [0.1, 0.15) is 13.8 Å². The molecule has 0 atom stereocenters. The van der Waals surface area contributed by atoms with Gasteiger partial charge in [0, 0.05) is 0 Å². The van der Waals surface area contributed by atoms with Gasteiger partial charge in [0.1, 0.15) is 5.54 Å². The van der Waals surface area contributed by atoms with Crippen LogP contribution < -0.4 is 5.54 Å². The van der Waals surface area contributed by atoms with Gasteiger partial charge < -0.3 is 0 Å². The van der Waals surface area contributed by atoms with E-state index in [4.69, 9.17) is 0 Å². The van der Waals surface area contributed by atoms with E-state index in [2.05, 4.69) is 0 Å². The summed E-state index contributed by atoms with van der Waals surface area (Å²) in [6.45, 7) is 2.21. The fourth-order valence-electron chi connectivity index (χ4n) is 0.0371. The van der Waals surface area contributed by atoms with E-state index in [9.17, 15) is 13.7 Å². The molecule has 0 bridgehead atoms. The fourth-order valence-corrected chi connectivity index (χ4v) is 0.0371. The van der Waals surface area contributed by atoms with Crippen LogP contribution in [-0.2, 0) is 4.79 Å². The topological polar surface area (TPSA) is 29.1 Å². The summed E-state index contributed by atoms with van der Waals surface area (Å²) in [4.78, 5) is 9.73. The van der Waals surface area contributed by atoms with Crippen LogP contribution in [0.4, 0.5) is 8.87 Å². The average molecular weight is 123 g/mol. The summed E-state index contributed by atoms with van der Waals surface area (Å²) in [6, 6.07) is -1.71. The van der Waals surface area contributed by atoms with Crippen molar-refractivity contribution < 1.29 is 13.7 Å². The largest absolute Gasteiger partial charge is 0.323 e. The molecule has 4 heteroatoms. The van der Waals surface area contributed by atoms with Gasteiger partial charge in [0.05, 0.1) is 0 Å². The predicted molar refractivity (Wildman–Crippen MR) is 24.4 cm³/mol. The van der Waals surface area contributed by atoms with E-state index in [1.54, 1.807) is 0 Å². The second-order valence-corrected chi connectivity index (χ2v) is 1.99. The lowest BCUT2D eigenvalue weighted by Crippen LogP contribution is -2.39. The van der Waals surface area contributed by atoms with E-state index in [-0.39, 0.29) is 0 Å². The van der Waals surface area contributed by atoms with Gasteiger partial charge >= 0.3 is 6.04 Å². The van der Waals surface area contributed by atoms with Gasteiger partial charge in [0.15, 0.2) is 0 Å². The Kier molecular flexibility index (Phi) is 2.03. The lowest BCUT2D eigenvalue weighted by molar-refractivity contribution is -0.137. The molecule has 0 aromatic carbocycles. The zero-order valence-corrected chi connectivity index (χ0v) is 4.66. The average Bonchev–Trinajstić information content (AvgIpc) is 1.67. The van der Waals surface area contributed by atoms with E-state index < -0.39 is 11.6 Å². The first-order chi connectivity index (χ1) is 3.50. The van der Waals surface area contributed by atoms with E-state index >= 15 is 0 Å². The maximum atomic E-state index is 11.5. The number of halogens is 2. The summed E-state index contributed by atoms with van der Waals surface area (Å²) in [5.74, 6) is 0. The molecular weight excluding hydrogens is 116 g/mol. The van der Waals surface area contributed by atoms with Crippen LogP contribution in [0.2, 0.25) is 0 Å². The van der Waals surface area contributed by atoms with Gasteiger partial charge in [-0.05, 0) is 13.8 Å². The molecule has 0 aromatic heterocycles. The molecule has 0 saturated carbocycles. The lowest BCUT2D eigenvalue weighted by Gasteiger charge is -2.11. The first-order valence-corrected chi connectivity index (χ1v) is 2.08. The minimum atomic E-state index is -1.71. The Balaban J connectivity index is 3.91. The van der Waals surface area contributed by atoms with Gasteiger partial charge in [-0.15, -0.1) is 10.0 Å². The highest BCUT2D eigenvalue weighted by Gasteiger charge is 2.26. The molecule has 0 fully saturated rings. The minimum absolute atomic E-state index is 1.02. The van der Waals surface area contributed by atoms with Crippen LogP contribution in [-0.4, -0.2) is 11.6 Å². The van der Waals surface area contributed by atoms with Gasteiger partial charge in [-0.3, -0.25) is 4.79 Å². The molecule has 0 amide bonds. The smallest absolute Gasteiger partial charge is 0.259 e. The molecule has 0 aliphatic rings. The van der Waals surface area contributed by atoms with Crippen LogP contribution in [0, 0.1) is 0 Å². The number of carbonyl (C=O) groups excluding carboxylic acids is 1. The van der Waals surface area contributed by atoms with Crippen molar-refractivity contribution in [2.45, 2.75) is 19.4 Å². The highest BCUT2D eigenvalue weighted by Crippen LogP contribution is 2.03. The molecule has 0 rings (SSSR count). The molecule has 0 spiro atoms. The third kappa shape index (κ3) is 1.54. The first kappa shape index (κ1) is 7.49. The summed E-state index contributed by atoms with van der Waals surface area (Å²) in [7, 11) is 0. The Labute approximate surface area is 45.8 Å². The van der Waals surface area contributed by atoms with Gasteiger partial charge in [0.2, 0.25) is 0 Å². The van der Waals surface area contributed by atoms with E-state index in [1.807, 2.05) is 0 Å². The SMILES string of the molecule is CC(C)(NF)C(=O)F. The molecule has 1 N–H and O–H groups in total. The summed E-state index contributed by atoms with van der Waals surface area (Å²) in [5.41, 5.74) is -0.664. The Morgan fingerprint density at radius 1 is 1.62 bits per heavy atom. The van der Waals surface area contributed by atoms with Gasteiger partial charge in [-0.2, -0.15) is 4.39 Å². The third-order valence-electron chi connectivity index (χ3n) is 0.728. The van der Waals surface area contributed by atoms with Crippen molar-refractivity contribution in [3.05, 3.63) is 0 Å². The van der Waals surface area contributed by atoms with E-state index in [1.165, 1.54) is 0 Å². The van der Waals surface area contributed by atoms with Crippen molar-refractivity contribution in [1.29, 1.82) is 0 Å². The molecule has 2 nitrogen and oxygen atoms in total. The maximum Gasteiger partial charge on any atom is 0.323 e. The molecule has 48 valence electrons. The molecule has 0 heterocycles. The number of hydrogen-bond acceptors (Lipinski definition) is 2. The predicted octanol–water partition coefficient (Wildman–Crippen LogP) is 0.735. The second-order valence-electron chi connectivity index (χ2n) is 1.99. The molecule has 0 aromatic rings. The summed E-state index contributed by atoms with van der Waals surface area (Å²) >= 11 is 0. The zero-order chi connectivity index (χ0) is 6.78. The Bertz CT molecular complexity index is 102. The summed E-state index contributed by atoms with van der Waals surface area (Å²) in [5, 5.41) is 0. The van der Waals surface area contributed by atoms with Crippen LogP contribution in [0.3, 0.4) is 0 Å². The molecule has 0 aliphatic heterocycles. The van der Waals surface area contributed by atoms with Crippen molar-refractivity contribution in [2.75, 3.05) is 0 Å². The fraction of sp³-hybridized carbons (Fsp3) is 0.750. The highest BCUT2D eigenvalue weighted by atomic mass is 19.2. The number of nitrogens with one attached hydrogen (secondary N) is 1. The highest BCUT2D eigenvalue weighted by molar-refractivity contribution is 5.78. The quantitative estimate of drug-likeness (QED) is 0.433. The van der Waals surface area contributed by atoms with Crippen molar-refractivity contribution >= 4 is 6.04 Å². The van der Waals surface area contributed by atoms with Crippen LogP contribution in [0.25, 0.3) is 0 Å². The second kappa shape index (κ2) is 2.17. The third-order valence-corrected chi connectivity index (χ3v) is 0.728. The first-order valence-electron chi connectivity index (χ1n) is 2.08. The molecule has 0 radical (unpaired) electrons. The number of hydrogen-bond donors (Lipinski definition) is 1. The van der Waals surface area contributed by atoms with Crippen molar-refractivity contribution in [1.82, 2.24) is 5.54 Å². The minimum Gasteiger partial charge on any atom is -0.259 e. The van der Waals surface area contributed by atoms with Crippen molar-refractivity contribution in [3.8, 4) is 0 Å². The molecular formula is C4H7F2NO. The van der Waals surface area contributed by atoms with Gasteiger partial charge in [0.25, 0.3) is 0 Å². The molecule has 8 heavy (non-hydrogen) atoms. The summed E-state index contributed by atoms with van der Waals surface area (Å²) in [6.07, 6.45) is 0. The van der Waals surface area contributed by atoms with Crippen LogP contribution >= 0.6 is 0 Å². The maximum absolute atomic E-state index is 11.5. The standard InChI is InChI=1S/C4H7F2NO/c1-4(2,7-6)3(5)8/h7H,1-2H3. The molecule has 0 unspecified atom stereocenters. The Morgan fingerprint density at radius 3 is 2.00 bits per heavy atom. The Hall–Kier alpha value is -0.510. The van der Waals surface area contributed by atoms with Gasteiger partial charge in [-0.25, -0.2) is 0 Å². The number of carbonyl (C=O) groups is 1. The molecule has 0 saturated heterocycles. The van der Waals surface area contributed by atoms with Gasteiger partial charge in [-0.1, -0.05) is 0 Å². The summed E-state index contributed by atoms with van der Waals surface area (Å²) < 4.78 is 22.8. The normalized spacial score (nSPS) is 11.5. The van der Waals surface area contributed by atoms with E-state index in [0.29, 0.717) is 0 Å². The van der Waals surface area contributed by atoms with Crippen LogP contribution in [0.5, 0.6) is 0 Å².